The highest BCUT2D eigenvalue weighted by Crippen LogP contribution is 2.67. The molecule has 2 atom stereocenters. The average molecular weight is 320 g/mol. The number of rotatable bonds is 3. The summed E-state index contributed by atoms with van der Waals surface area (Å²) in [7, 11) is 0. The molecule has 19 heavy (non-hydrogen) atoms. The number of carboxylic acids is 1. The lowest BCUT2D eigenvalue weighted by Gasteiger charge is -2.03. The maximum atomic E-state index is 11.3. The third-order valence-electron chi connectivity index (χ3n) is 3.80. The summed E-state index contributed by atoms with van der Waals surface area (Å²) >= 11 is 18.2. The molecular formula is C14H13Cl3O2. The molecule has 2 nitrogen and oxygen atoms in total. The molecule has 0 aromatic heterocycles. The zero-order valence-corrected chi connectivity index (χ0v) is 12.7. The summed E-state index contributed by atoms with van der Waals surface area (Å²) in [6.45, 7) is 3.64. The largest absolute Gasteiger partial charge is 0.480 e. The van der Waals surface area contributed by atoms with E-state index in [-0.39, 0.29) is 5.92 Å². The Balaban J connectivity index is 2.28. The Morgan fingerprint density at radius 2 is 1.84 bits per heavy atom. The van der Waals surface area contributed by atoms with Crippen LogP contribution in [0, 0.1) is 11.3 Å². The van der Waals surface area contributed by atoms with Crippen molar-refractivity contribution >= 4 is 45.8 Å². The second kappa shape index (κ2) is 4.69. The Hall–Kier alpha value is -0.700. The van der Waals surface area contributed by atoms with E-state index in [0.29, 0.717) is 10.1 Å². The minimum Gasteiger partial charge on any atom is -0.480 e. The van der Waals surface area contributed by atoms with Gasteiger partial charge < -0.3 is 5.11 Å². The van der Waals surface area contributed by atoms with E-state index in [1.807, 2.05) is 13.8 Å². The Morgan fingerprint density at radius 1 is 1.32 bits per heavy atom. The van der Waals surface area contributed by atoms with Gasteiger partial charge >= 0.3 is 5.97 Å². The van der Waals surface area contributed by atoms with Crippen molar-refractivity contribution in [1.29, 1.82) is 0 Å². The summed E-state index contributed by atoms with van der Waals surface area (Å²) in [6, 6.07) is 7.03. The minimum absolute atomic E-state index is 0.303. The molecule has 0 heterocycles. The smallest absolute Gasteiger partial charge is 0.325 e. The molecule has 0 bridgehead atoms. The van der Waals surface area contributed by atoms with Crippen molar-refractivity contribution in [2.75, 3.05) is 0 Å². The summed E-state index contributed by atoms with van der Waals surface area (Å²) in [5, 5.41) is 10.3. The van der Waals surface area contributed by atoms with Gasteiger partial charge in [-0.15, -0.1) is 11.6 Å². The van der Waals surface area contributed by atoms with Crippen LogP contribution in [0.5, 0.6) is 0 Å². The number of carbonyl (C=O) groups is 1. The van der Waals surface area contributed by atoms with Gasteiger partial charge in [0.25, 0.3) is 0 Å². The molecule has 1 aromatic carbocycles. The number of aliphatic carboxylic acids is 1. The Bertz CT molecular complexity index is 548. The van der Waals surface area contributed by atoms with Crippen LogP contribution in [0.1, 0.15) is 19.4 Å². The van der Waals surface area contributed by atoms with Crippen LogP contribution >= 0.6 is 34.8 Å². The number of benzene rings is 1. The number of carboxylic acid groups (broad SMARTS) is 1. The zero-order valence-electron chi connectivity index (χ0n) is 10.5. The van der Waals surface area contributed by atoms with Gasteiger partial charge in [-0.3, -0.25) is 4.79 Å². The normalized spacial score (nSPS) is 29.1. The van der Waals surface area contributed by atoms with Crippen LogP contribution in [-0.4, -0.2) is 16.0 Å². The predicted octanol–water partition coefficient (Wildman–Crippen LogP) is 4.64. The lowest BCUT2D eigenvalue weighted by molar-refractivity contribution is -0.138. The molecule has 2 unspecified atom stereocenters. The number of alkyl halides is 1. The summed E-state index contributed by atoms with van der Waals surface area (Å²) in [5.74, 6) is -1.32. The van der Waals surface area contributed by atoms with Crippen molar-refractivity contribution in [3.63, 3.8) is 0 Å². The van der Waals surface area contributed by atoms with E-state index >= 15 is 0 Å². The van der Waals surface area contributed by atoms with Gasteiger partial charge in [0.2, 0.25) is 0 Å². The number of halogens is 3. The second-order valence-corrected chi connectivity index (χ2v) is 6.68. The molecule has 1 fully saturated rings. The molecule has 1 saturated carbocycles. The number of hydrogen-bond acceptors (Lipinski definition) is 1. The maximum Gasteiger partial charge on any atom is 0.325 e. The van der Waals surface area contributed by atoms with Crippen LogP contribution in [0.15, 0.2) is 30.3 Å². The Morgan fingerprint density at radius 3 is 2.26 bits per heavy atom. The second-order valence-electron chi connectivity index (χ2n) is 5.24. The van der Waals surface area contributed by atoms with E-state index in [4.69, 9.17) is 34.8 Å². The van der Waals surface area contributed by atoms with E-state index in [2.05, 4.69) is 0 Å². The average Bonchev–Trinajstić information content (AvgIpc) is 2.76. The molecule has 1 N–H and O–H groups in total. The molecule has 0 aliphatic heterocycles. The van der Waals surface area contributed by atoms with Gasteiger partial charge in [0.15, 0.2) is 4.87 Å². The van der Waals surface area contributed by atoms with E-state index in [0.717, 1.165) is 5.56 Å². The van der Waals surface area contributed by atoms with Crippen molar-refractivity contribution in [2.24, 2.45) is 11.3 Å². The molecule has 2 rings (SSSR count). The Kier molecular flexibility index (Phi) is 3.63. The van der Waals surface area contributed by atoms with E-state index in [9.17, 15) is 9.90 Å². The molecule has 102 valence electrons. The quantitative estimate of drug-likeness (QED) is 0.824. The van der Waals surface area contributed by atoms with Crippen LogP contribution in [0.25, 0.3) is 5.03 Å². The molecule has 0 amide bonds. The van der Waals surface area contributed by atoms with Crippen LogP contribution in [-0.2, 0) is 4.79 Å². The fraction of sp³-hybridized carbons (Fsp3) is 0.357. The third-order valence-corrected chi connectivity index (χ3v) is 5.28. The van der Waals surface area contributed by atoms with Gasteiger partial charge in [-0.25, -0.2) is 0 Å². The van der Waals surface area contributed by atoms with Gasteiger partial charge in [0, 0.05) is 21.4 Å². The van der Waals surface area contributed by atoms with Crippen molar-refractivity contribution in [3.05, 3.63) is 40.9 Å². The van der Waals surface area contributed by atoms with Gasteiger partial charge in [0.05, 0.1) is 0 Å². The topological polar surface area (TPSA) is 37.3 Å². The monoisotopic (exact) mass is 318 g/mol. The molecule has 1 aliphatic carbocycles. The number of allylic oxidation sites excluding steroid dienone is 1. The van der Waals surface area contributed by atoms with Crippen LogP contribution in [0.3, 0.4) is 0 Å². The summed E-state index contributed by atoms with van der Waals surface area (Å²) in [5.41, 5.74) is 0.269. The molecule has 5 heteroatoms. The maximum absolute atomic E-state index is 11.3. The first-order valence-corrected chi connectivity index (χ1v) is 6.90. The molecular weight excluding hydrogens is 307 g/mol. The third kappa shape index (κ3) is 2.26. The van der Waals surface area contributed by atoms with Crippen LogP contribution < -0.4 is 0 Å². The SMILES string of the molecule is CC1(C)C(C=C(Cl)c2ccc(Cl)cc2)C1(Cl)C(=O)O. The van der Waals surface area contributed by atoms with Crippen LogP contribution in [0.4, 0.5) is 0 Å². The van der Waals surface area contributed by atoms with Gasteiger partial charge in [-0.2, -0.15) is 0 Å². The lowest BCUT2D eigenvalue weighted by Crippen LogP contribution is -2.21. The Labute approximate surface area is 127 Å². The highest BCUT2D eigenvalue weighted by molar-refractivity contribution is 6.49. The summed E-state index contributed by atoms with van der Waals surface area (Å²) < 4.78 is 0. The molecule has 0 radical (unpaired) electrons. The highest BCUT2D eigenvalue weighted by Gasteiger charge is 2.74. The highest BCUT2D eigenvalue weighted by atomic mass is 35.5. The predicted molar refractivity (Wildman–Crippen MR) is 78.8 cm³/mol. The van der Waals surface area contributed by atoms with Crippen molar-refractivity contribution < 1.29 is 9.90 Å². The molecule has 1 aliphatic rings. The van der Waals surface area contributed by atoms with E-state index in [1.54, 1.807) is 30.3 Å². The first-order valence-electron chi connectivity index (χ1n) is 5.77. The van der Waals surface area contributed by atoms with Crippen molar-refractivity contribution in [3.8, 4) is 0 Å². The molecule has 0 spiro atoms. The van der Waals surface area contributed by atoms with E-state index in [1.165, 1.54) is 0 Å². The van der Waals surface area contributed by atoms with Crippen LogP contribution in [0.2, 0.25) is 5.02 Å². The molecule has 0 saturated heterocycles. The van der Waals surface area contributed by atoms with E-state index < -0.39 is 16.3 Å². The fourth-order valence-corrected chi connectivity index (χ4v) is 3.11. The minimum atomic E-state index is -1.28. The van der Waals surface area contributed by atoms with Crippen molar-refractivity contribution in [2.45, 2.75) is 18.7 Å². The first kappa shape index (κ1) is 14.7. The van der Waals surface area contributed by atoms with Gasteiger partial charge in [0.1, 0.15) is 0 Å². The standard InChI is InChI=1S/C14H13Cl3O2/c1-13(2)11(14(13,17)12(18)19)7-10(16)8-3-5-9(15)6-4-8/h3-7,11H,1-2H3,(H,18,19). The van der Waals surface area contributed by atoms with Gasteiger partial charge in [-0.05, 0) is 17.7 Å². The van der Waals surface area contributed by atoms with Crippen molar-refractivity contribution in [1.82, 2.24) is 0 Å². The lowest BCUT2D eigenvalue weighted by atomic mass is 10.1. The fourth-order valence-electron chi connectivity index (χ4n) is 2.33. The molecule has 1 aromatic rings. The zero-order chi connectivity index (χ0) is 14.4. The summed E-state index contributed by atoms with van der Waals surface area (Å²) in [6.07, 6.45) is 1.71. The first-order chi connectivity index (χ1) is 8.71. The number of hydrogen-bond donors (Lipinski definition) is 1. The summed E-state index contributed by atoms with van der Waals surface area (Å²) in [4.78, 5) is 9.97. The van der Waals surface area contributed by atoms with Gasteiger partial charge in [-0.1, -0.05) is 55.3 Å².